The van der Waals surface area contributed by atoms with E-state index in [1.807, 2.05) is 18.2 Å². The summed E-state index contributed by atoms with van der Waals surface area (Å²) in [6.07, 6.45) is 3.98. The predicted molar refractivity (Wildman–Crippen MR) is 60.3 cm³/mol. The van der Waals surface area contributed by atoms with Gasteiger partial charge in [0.05, 0.1) is 10.7 Å². The van der Waals surface area contributed by atoms with Crippen LogP contribution in [-0.4, -0.2) is 6.04 Å². The van der Waals surface area contributed by atoms with Crippen molar-refractivity contribution in [2.75, 3.05) is 5.73 Å². The molecule has 1 aromatic rings. The molecule has 0 saturated heterocycles. The van der Waals surface area contributed by atoms with Crippen LogP contribution in [0.2, 0.25) is 5.02 Å². The number of hydrogen-bond donors (Lipinski definition) is 2. The van der Waals surface area contributed by atoms with Crippen LogP contribution in [0.25, 0.3) is 0 Å². The number of benzene rings is 1. The van der Waals surface area contributed by atoms with Gasteiger partial charge >= 0.3 is 0 Å². The van der Waals surface area contributed by atoms with Gasteiger partial charge in [0.15, 0.2) is 0 Å². The number of nitrogens with one attached hydrogen (secondary N) is 1. The van der Waals surface area contributed by atoms with Crippen molar-refractivity contribution in [3.8, 4) is 0 Å². The van der Waals surface area contributed by atoms with Crippen molar-refractivity contribution in [3.05, 3.63) is 28.8 Å². The largest absolute Gasteiger partial charge is 0.398 e. The van der Waals surface area contributed by atoms with Gasteiger partial charge in [0, 0.05) is 12.6 Å². The van der Waals surface area contributed by atoms with Crippen molar-refractivity contribution < 1.29 is 0 Å². The van der Waals surface area contributed by atoms with E-state index in [4.69, 9.17) is 17.3 Å². The van der Waals surface area contributed by atoms with Gasteiger partial charge in [-0.1, -0.05) is 24.1 Å². The van der Waals surface area contributed by atoms with E-state index >= 15 is 0 Å². The molecule has 0 aliphatic heterocycles. The van der Waals surface area contributed by atoms with E-state index in [2.05, 4.69) is 5.32 Å². The lowest BCUT2D eigenvalue weighted by Crippen LogP contribution is -2.34. The highest BCUT2D eigenvalue weighted by Crippen LogP contribution is 2.21. The lowest BCUT2D eigenvalue weighted by molar-refractivity contribution is 0.338. The smallest absolute Gasteiger partial charge is 0.0635 e. The molecule has 0 unspecified atom stereocenters. The SMILES string of the molecule is Nc1cc(CNC2CCC2)ccc1Cl. The third kappa shape index (κ3) is 2.20. The molecular formula is C11H15ClN2. The molecule has 1 fully saturated rings. The Morgan fingerprint density at radius 3 is 2.79 bits per heavy atom. The zero-order chi connectivity index (χ0) is 9.97. The van der Waals surface area contributed by atoms with Gasteiger partial charge in [0.1, 0.15) is 0 Å². The highest BCUT2D eigenvalue weighted by molar-refractivity contribution is 6.33. The third-order valence-electron chi connectivity index (χ3n) is 2.76. The van der Waals surface area contributed by atoms with Crippen molar-refractivity contribution in [2.24, 2.45) is 0 Å². The predicted octanol–water partition coefficient (Wildman–Crippen LogP) is 2.56. The average molecular weight is 211 g/mol. The first-order chi connectivity index (χ1) is 6.75. The topological polar surface area (TPSA) is 38.0 Å². The minimum atomic E-state index is 0.636. The standard InChI is InChI=1S/C11H15ClN2/c12-10-5-4-8(6-11(10)13)7-14-9-2-1-3-9/h4-6,9,14H,1-3,7,13H2. The maximum absolute atomic E-state index is 5.84. The van der Waals surface area contributed by atoms with E-state index in [-0.39, 0.29) is 0 Å². The van der Waals surface area contributed by atoms with Crippen molar-refractivity contribution in [1.29, 1.82) is 0 Å². The maximum Gasteiger partial charge on any atom is 0.0635 e. The van der Waals surface area contributed by atoms with Crippen LogP contribution >= 0.6 is 11.6 Å². The first kappa shape index (κ1) is 9.81. The number of hydrogen-bond acceptors (Lipinski definition) is 2. The summed E-state index contributed by atoms with van der Waals surface area (Å²) in [6, 6.07) is 6.53. The zero-order valence-corrected chi connectivity index (χ0v) is 8.85. The second-order valence-electron chi connectivity index (χ2n) is 3.86. The molecule has 0 radical (unpaired) electrons. The Balaban J connectivity index is 1.91. The summed E-state index contributed by atoms with van der Waals surface area (Å²) in [5.74, 6) is 0. The number of nitrogens with two attached hydrogens (primary N) is 1. The van der Waals surface area contributed by atoms with Gasteiger partial charge in [0.25, 0.3) is 0 Å². The van der Waals surface area contributed by atoms with Gasteiger partial charge in [0.2, 0.25) is 0 Å². The summed E-state index contributed by atoms with van der Waals surface area (Å²) >= 11 is 5.84. The lowest BCUT2D eigenvalue weighted by Gasteiger charge is -2.26. The van der Waals surface area contributed by atoms with Gasteiger partial charge in [-0.05, 0) is 30.5 Å². The lowest BCUT2D eigenvalue weighted by atomic mass is 9.93. The Bertz CT molecular complexity index is 321. The molecule has 2 rings (SSSR count). The molecule has 1 saturated carbocycles. The molecule has 0 amide bonds. The Labute approximate surface area is 89.4 Å². The molecule has 14 heavy (non-hydrogen) atoms. The van der Waals surface area contributed by atoms with Gasteiger partial charge in [-0.25, -0.2) is 0 Å². The molecule has 3 N–H and O–H groups in total. The summed E-state index contributed by atoms with van der Waals surface area (Å²) in [6.45, 7) is 0.895. The van der Waals surface area contributed by atoms with Gasteiger partial charge in [-0.3, -0.25) is 0 Å². The van der Waals surface area contributed by atoms with E-state index in [1.165, 1.54) is 24.8 Å². The monoisotopic (exact) mass is 210 g/mol. The molecule has 76 valence electrons. The molecule has 1 aliphatic carbocycles. The molecule has 0 spiro atoms. The molecule has 0 heterocycles. The van der Waals surface area contributed by atoms with Crippen molar-refractivity contribution >= 4 is 17.3 Å². The first-order valence-electron chi connectivity index (χ1n) is 5.03. The highest BCUT2D eigenvalue weighted by Gasteiger charge is 2.15. The van der Waals surface area contributed by atoms with Crippen LogP contribution in [0.1, 0.15) is 24.8 Å². The van der Waals surface area contributed by atoms with Crippen molar-refractivity contribution in [2.45, 2.75) is 31.8 Å². The summed E-state index contributed by atoms with van der Waals surface area (Å²) in [5.41, 5.74) is 7.59. The van der Waals surface area contributed by atoms with E-state index in [9.17, 15) is 0 Å². The molecule has 0 atom stereocenters. The van der Waals surface area contributed by atoms with Crippen LogP contribution in [-0.2, 0) is 6.54 Å². The Kier molecular flexibility index (Phi) is 2.94. The van der Waals surface area contributed by atoms with E-state index < -0.39 is 0 Å². The first-order valence-corrected chi connectivity index (χ1v) is 5.41. The summed E-state index contributed by atoms with van der Waals surface area (Å²) in [5, 5.41) is 4.12. The minimum absolute atomic E-state index is 0.636. The Morgan fingerprint density at radius 1 is 1.43 bits per heavy atom. The van der Waals surface area contributed by atoms with Crippen LogP contribution in [0.5, 0.6) is 0 Å². The third-order valence-corrected chi connectivity index (χ3v) is 3.10. The van der Waals surface area contributed by atoms with E-state index in [0.29, 0.717) is 16.8 Å². The second-order valence-corrected chi connectivity index (χ2v) is 4.27. The van der Waals surface area contributed by atoms with Crippen LogP contribution < -0.4 is 11.1 Å². The van der Waals surface area contributed by atoms with Crippen molar-refractivity contribution in [3.63, 3.8) is 0 Å². The zero-order valence-electron chi connectivity index (χ0n) is 8.09. The van der Waals surface area contributed by atoms with Crippen LogP contribution in [0.15, 0.2) is 18.2 Å². The molecule has 1 aromatic carbocycles. The molecule has 2 nitrogen and oxygen atoms in total. The molecule has 1 aliphatic rings. The number of rotatable bonds is 3. The van der Waals surface area contributed by atoms with Crippen LogP contribution in [0.3, 0.4) is 0 Å². The van der Waals surface area contributed by atoms with Gasteiger partial charge < -0.3 is 11.1 Å². The molecule has 3 heteroatoms. The number of halogens is 1. The summed E-state index contributed by atoms with van der Waals surface area (Å²) in [7, 11) is 0. The molecule has 0 aromatic heterocycles. The molecular weight excluding hydrogens is 196 g/mol. The number of anilines is 1. The van der Waals surface area contributed by atoms with E-state index in [1.54, 1.807) is 0 Å². The summed E-state index contributed by atoms with van der Waals surface area (Å²) in [4.78, 5) is 0. The van der Waals surface area contributed by atoms with Gasteiger partial charge in [-0.15, -0.1) is 0 Å². The fourth-order valence-electron chi connectivity index (χ4n) is 1.58. The number of nitrogen functional groups attached to an aromatic ring is 1. The maximum atomic E-state index is 5.84. The molecule has 0 bridgehead atoms. The Morgan fingerprint density at radius 2 is 2.21 bits per heavy atom. The highest BCUT2D eigenvalue weighted by atomic mass is 35.5. The fourth-order valence-corrected chi connectivity index (χ4v) is 1.70. The summed E-state index contributed by atoms with van der Waals surface area (Å²) < 4.78 is 0. The van der Waals surface area contributed by atoms with Crippen LogP contribution in [0, 0.1) is 0 Å². The van der Waals surface area contributed by atoms with Gasteiger partial charge in [-0.2, -0.15) is 0 Å². The normalized spacial score (nSPS) is 16.6. The second kappa shape index (κ2) is 4.20. The van der Waals surface area contributed by atoms with Crippen LogP contribution in [0.4, 0.5) is 5.69 Å². The fraction of sp³-hybridized carbons (Fsp3) is 0.455. The Hall–Kier alpha value is -0.730. The average Bonchev–Trinajstić information content (AvgIpc) is 2.08. The minimum Gasteiger partial charge on any atom is -0.398 e. The van der Waals surface area contributed by atoms with Crippen molar-refractivity contribution in [1.82, 2.24) is 5.32 Å². The quantitative estimate of drug-likeness (QED) is 0.753. The van der Waals surface area contributed by atoms with E-state index in [0.717, 1.165) is 6.54 Å².